The summed E-state index contributed by atoms with van der Waals surface area (Å²) in [5.41, 5.74) is 0. The van der Waals surface area contributed by atoms with Gasteiger partial charge in [0.05, 0.1) is 0 Å². The van der Waals surface area contributed by atoms with Crippen molar-refractivity contribution in [1.82, 2.24) is 0 Å². The summed E-state index contributed by atoms with van der Waals surface area (Å²) in [5.74, 6) is 0. The minimum absolute atomic E-state index is 0.874. The van der Waals surface area contributed by atoms with E-state index < -0.39 is 0 Å². The first-order chi connectivity index (χ1) is 16.4. The van der Waals surface area contributed by atoms with E-state index in [2.05, 4.69) is 13.8 Å². The average Bonchev–Trinajstić information content (AvgIpc) is 2.83. The molecule has 1 radical (unpaired) electrons. The molecule has 0 atom stereocenters. The van der Waals surface area contributed by atoms with E-state index in [0.29, 0.717) is 0 Å². The van der Waals surface area contributed by atoms with Gasteiger partial charge in [-0.2, -0.15) is 0 Å². The van der Waals surface area contributed by atoms with Gasteiger partial charge in [0, 0.05) is 13.2 Å². The normalized spacial score (nSPS) is 11.5. The zero-order chi connectivity index (χ0) is 23.9. The fraction of sp³-hybridized carbons (Fsp3) is 0.969. The zero-order valence-corrected chi connectivity index (χ0v) is 23.3. The maximum absolute atomic E-state index is 5.39. The van der Waals surface area contributed by atoms with Crippen LogP contribution in [0.4, 0.5) is 0 Å². The number of rotatable bonds is 30. The van der Waals surface area contributed by atoms with Crippen LogP contribution in [0.3, 0.4) is 0 Å². The first-order valence-corrected chi connectivity index (χ1v) is 15.8. The molecule has 0 saturated heterocycles. The summed E-state index contributed by atoms with van der Waals surface area (Å²) < 4.78 is 5.39. The molecule has 0 aliphatic carbocycles. The molecule has 1 heteroatoms. The molecule has 0 rings (SSSR count). The van der Waals surface area contributed by atoms with Crippen LogP contribution in [-0.2, 0) is 4.74 Å². The Hall–Kier alpha value is -0.0400. The third kappa shape index (κ3) is 32.0. The van der Waals surface area contributed by atoms with Gasteiger partial charge in [0.15, 0.2) is 0 Å². The van der Waals surface area contributed by atoms with Crippen LogP contribution in [0.15, 0.2) is 0 Å². The van der Waals surface area contributed by atoms with E-state index in [1.165, 1.54) is 173 Å². The van der Waals surface area contributed by atoms with E-state index in [9.17, 15) is 0 Å². The number of hydrogen-bond donors (Lipinski definition) is 0. The van der Waals surface area contributed by atoms with Gasteiger partial charge in [-0.3, -0.25) is 0 Å². The highest BCUT2D eigenvalue weighted by Crippen LogP contribution is 2.16. The molecule has 0 bridgehead atoms. The molecule has 33 heavy (non-hydrogen) atoms. The Labute approximate surface area is 211 Å². The van der Waals surface area contributed by atoms with Crippen LogP contribution >= 0.6 is 0 Å². The van der Waals surface area contributed by atoms with Crippen LogP contribution in [0.5, 0.6) is 0 Å². The van der Waals surface area contributed by atoms with Gasteiger partial charge in [0.2, 0.25) is 0 Å². The van der Waals surface area contributed by atoms with Crippen molar-refractivity contribution in [3.8, 4) is 0 Å². The third-order valence-electron chi connectivity index (χ3n) is 7.24. The summed E-state index contributed by atoms with van der Waals surface area (Å²) in [5, 5.41) is 0. The molecular formula is C32H65O. The summed E-state index contributed by atoms with van der Waals surface area (Å²) in [7, 11) is 0. The van der Waals surface area contributed by atoms with Crippen LogP contribution < -0.4 is 0 Å². The molecule has 0 N–H and O–H groups in total. The Bertz CT molecular complexity index is 284. The molecule has 0 aliphatic rings. The monoisotopic (exact) mass is 466 g/mol. The van der Waals surface area contributed by atoms with Crippen LogP contribution in [0.25, 0.3) is 0 Å². The highest BCUT2D eigenvalue weighted by molar-refractivity contribution is 4.52. The molecule has 0 aliphatic heterocycles. The number of hydrogen-bond acceptors (Lipinski definition) is 1. The summed E-state index contributed by atoms with van der Waals surface area (Å²) in [6, 6.07) is 0. The van der Waals surface area contributed by atoms with Gasteiger partial charge < -0.3 is 4.74 Å². The quantitative estimate of drug-likeness (QED) is 0.0958. The Balaban J connectivity index is 2.99. The van der Waals surface area contributed by atoms with Gasteiger partial charge in [0.1, 0.15) is 0 Å². The Morgan fingerprint density at radius 3 is 0.758 bits per heavy atom. The second kappa shape index (κ2) is 32.0. The Morgan fingerprint density at radius 2 is 0.545 bits per heavy atom. The molecule has 1 nitrogen and oxygen atoms in total. The fourth-order valence-corrected chi connectivity index (χ4v) is 4.94. The number of unbranched alkanes of at least 4 members (excludes halogenated alkanes) is 27. The Kier molecular flexibility index (Phi) is 31.9. The van der Waals surface area contributed by atoms with Gasteiger partial charge in [-0.1, -0.05) is 180 Å². The van der Waals surface area contributed by atoms with Gasteiger partial charge in [-0.05, 0) is 13.3 Å². The summed E-state index contributed by atoms with van der Waals surface area (Å²) >= 11 is 0. The predicted octanol–water partition coefficient (Wildman–Crippen LogP) is 11.8. The van der Waals surface area contributed by atoms with Crippen molar-refractivity contribution in [2.45, 2.75) is 187 Å². The van der Waals surface area contributed by atoms with E-state index in [1.54, 1.807) is 0 Å². The van der Waals surface area contributed by atoms with Crippen LogP contribution in [0.2, 0.25) is 0 Å². The molecular weight excluding hydrogens is 400 g/mol. The van der Waals surface area contributed by atoms with Crippen molar-refractivity contribution in [3.05, 3.63) is 6.92 Å². The van der Waals surface area contributed by atoms with Crippen molar-refractivity contribution in [1.29, 1.82) is 0 Å². The molecule has 0 aromatic rings. The molecule has 0 aromatic heterocycles. The van der Waals surface area contributed by atoms with E-state index in [1.807, 2.05) is 0 Å². The highest BCUT2D eigenvalue weighted by atomic mass is 16.5. The first kappa shape index (κ1) is 33.0. The summed E-state index contributed by atoms with van der Waals surface area (Å²) in [6.07, 6.45) is 40.3. The molecule has 0 amide bonds. The molecule has 0 spiro atoms. The molecule has 0 saturated carbocycles. The lowest BCUT2D eigenvalue weighted by Gasteiger charge is -2.04. The second-order valence-corrected chi connectivity index (χ2v) is 10.6. The van der Waals surface area contributed by atoms with Crippen molar-refractivity contribution >= 4 is 0 Å². The lowest BCUT2D eigenvalue weighted by molar-refractivity contribution is 0.143. The van der Waals surface area contributed by atoms with Gasteiger partial charge >= 0.3 is 0 Å². The molecule has 0 aromatic carbocycles. The maximum Gasteiger partial charge on any atom is 0.0465 e. The van der Waals surface area contributed by atoms with Gasteiger partial charge in [0.25, 0.3) is 0 Å². The largest absolute Gasteiger partial charge is 0.382 e. The highest BCUT2D eigenvalue weighted by Gasteiger charge is 1.96. The smallest absolute Gasteiger partial charge is 0.0465 e. The van der Waals surface area contributed by atoms with Crippen molar-refractivity contribution in [2.75, 3.05) is 13.2 Å². The van der Waals surface area contributed by atoms with Gasteiger partial charge in [-0.25, -0.2) is 0 Å². The van der Waals surface area contributed by atoms with Crippen LogP contribution in [-0.4, -0.2) is 13.2 Å². The lowest BCUT2D eigenvalue weighted by Crippen LogP contribution is -1.92. The third-order valence-corrected chi connectivity index (χ3v) is 7.24. The molecule has 0 heterocycles. The first-order valence-electron chi connectivity index (χ1n) is 15.8. The standard InChI is InChI=1S/C32H65O/c1-3-5-6-7-8-9-10-11-12-13-14-15-16-17-18-19-20-21-22-23-24-25-26-27-28-29-30-31-32-33-4-2/h1,3-32H2,2H3. The summed E-state index contributed by atoms with van der Waals surface area (Å²) in [6.45, 7) is 7.84. The van der Waals surface area contributed by atoms with Crippen LogP contribution in [0, 0.1) is 6.92 Å². The van der Waals surface area contributed by atoms with Crippen molar-refractivity contribution in [2.24, 2.45) is 0 Å². The number of ether oxygens (including phenoxy) is 1. The van der Waals surface area contributed by atoms with Crippen molar-refractivity contribution < 1.29 is 4.74 Å². The summed E-state index contributed by atoms with van der Waals surface area (Å²) in [4.78, 5) is 0. The molecule has 199 valence electrons. The van der Waals surface area contributed by atoms with E-state index in [0.717, 1.165) is 19.6 Å². The molecule has 0 fully saturated rings. The van der Waals surface area contributed by atoms with E-state index in [4.69, 9.17) is 4.74 Å². The SMILES string of the molecule is [CH2]CCCCCCCCCCCCCCCCCCCCCCCCCCCCCOCC. The average molecular weight is 466 g/mol. The van der Waals surface area contributed by atoms with Crippen LogP contribution in [0.1, 0.15) is 187 Å². The maximum atomic E-state index is 5.39. The minimum atomic E-state index is 0.874. The topological polar surface area (TPSA) is 9.23 Å². The van der Waals surface area contributed by atoms with E-state index in [-0.39, 0.29) is 0 Å². The zero-order valence-electron chi connectivity index (χ0n) is 23.3. The van der Waals surface area contributed by atoms with Crippen molar-refractivity contribution in [3.63, 3.8) is 0 Å². The fourth-order valence-electron chi connectivity index (χ4n) is 4.94. The predicted molar refractivity (Wildman–Crippen MR) is 151 cm³/mol. The Morgan fingerprint density at radius 1 is 0.333 bits per heavy atom. The molecule has 0 unspecified atom stereocenters. The van der Waals surface area contributed by atoms with Gasteiger partial charge in [-0.15, -0.1) is 0 Å². The lowest BCUT2D eigenvalue weighted by atomic mass is 10.0. The van der Waals surface area contributed by atoms with E-state index >= 15 is 0 Å². The second-order valence-electron chi connectivity index (χ2n) is 10.6. The minimum Gasteiger partial charge on any atom is -0.382 e.